The highest BCUT2D eigenvalue weighted by Crippen LogP contribution is 2.18. The number of sulfonamides is 1. The third kappa shape index (κ3) is 3.61. The zero-order chi connectivity index (χ0) is 14.6. The average molecular weight is 312 g/mol. The highest BCUT2D eigenvalue weighted by Gasteiger charge is 2.14. The van der Waals surface area contributed by atoms with Crippen molar-refractivity contribution in [1.82, 2.24) is 4.98 Å². The first-order valence-corrected chi connectivity index (χ1v) is 7.85. The standard InChI is InChI=1S/C13H14ClN3O2S/c1-2-15-13-8-7-12(9-16-13)20(18,19)17-11-5-3-10(14)4-6-11/h3-9,17H,2H2,1H3,(H,15,16). The molecule has 0 amide bonds. The summed E-state index contributed by atoms with van der Waals surface area (Å²) < 4.78 is 26.8. The van der Waals surface area contributed by atoms with Crippen molar-refractivity contribution in [3.63, 3.8) is 0 Å². The molecular formula is C13H14ClN3O2S. The molecule has 2 rings (SSSR count). The van der Waals surface area contributed by atoms with Crippen LogP contribution in [0, 0.1) is 0 Å². The van der Waals surface area contributed by atoms with Gasteiger partial charge in [0.05, 0.1) is 0 Å². The maximum atomic E-state index is 12.2. The SMILES string of the molecule is CCNc1ccc(S(=O)(=O)Nc2ccc(Cl)cc2)cn1. The van der Waals surface area contributed by atoms with E-state index >= 15 is 0 Å². The van der Waals surface area contributed by atoms with Crippen LogP contribution in [-0.4, -0.2) is 19.9 Å². The summed E-state index contributed by atoms with van der Waals surface area (Å²) in [5, 5.41) is 3.55. The van der Waals surface area contributed by atoms with Crippen LogP contribution in [0.3, 0.4) is 0 Å². The smallest absolute Gasteiger partial charge is 0.263 e. The molecule has 0 unspecified atom stereocenters. The Morgan fingerprint density at radius 3 is 2.40 bits per heavy atom. The summed E-state index contributed by atoms with van der Waals surface area (Å²) >= 11 is 5.75. The molecule has 0 radical (unpaired) electrons. The fourth-order valence-electron chi connectivity index (χ4n) is 1.56. The van der Waals surface area contributed by atoms with Crippen molar-refractivity contribution in [2.45, 2.75) is 11.8 Å². The second-order valence-electron chi connectivity index (χ2n) is 4.02. The lowest BCUT2D eigenvalue weighted by molar-refractivity contribution is 0.601. The molecule has 0 saturated heterocycles. The van der Waals surface area contributed by atoms with Crippen LogP contribution < -0.4 is 10.0 Å². The second-order valence-corrected chi connectivity index (χ2v) is 6.14. The number of nitrogens with one attached hydrogen (secondary N) is 2. The quantitative estimate of drug-likeness (QED) is 0.890. The lowest BCUT2D eigenvalue weighted by Crippen LogP contribution is -2.13. The largest absolute Gasteiger partial charge is 0.370 e. The zero-order valence-corrected chi connectivity index (χ0v) is 12.4. The van der Waals surface area contributed by atoms with Crippen molar-refractivity contribution in [2.75, 3.05) is 16.6 Å². The molecule has 0 aliphatic rings. The number of benzene rings is 1. The number of hydrogen-bond donors (Lipinski definition) is 2. The first-order valence-electron chi connectivity index (χ1n) is 5.99. The first-order chi connectivity index (χ1) is 9.51. The summed E-state index contributed by atoms with van der Waals surface area (Å²) in [6, 6.07) is 9.56. The Labute approximate surface area is 123 Å². The molecular weight excluding hydrogens is 298 g/mol. The molecule has 20 heavy (non-hydrogen) atoms. The molecule has 0 saturated carbocycles. The van der Waals surface area contributed by atoms with Gasteiger partial charge in [0.1, 0.15) is 10.7 Å². The van der Waals surface area contributed by atoms with Gasteiger partial charge in [-0.1, -0.05) is 11.6 Å². The van der Waals surface area contributed by atoms with Crippen molar-refractivity contribution in [3.8, 4) is 0 Å². The minimum atomic E-state index is -3.64. The van der Waals surface area contributed by atoms with Gasteiger partial charge in [-0.2, -0.15) is 0 Å². The summed E-state index contributed by atoms with van der Waals surface area (Å²) in [6.07, 6.45) is 1.32. The molecule has 1 heterocycles. The summed E-state index contributed by atoms with van der Waals surface area (Å²) in [5.41, 5.74) is 0.449. The highest BCUT2D eigenvalue weighted by atomic mass is 35.5. The van der Waals surface area contributed by atoms with E-state index in [2.05, 4.69) is 15.0 Å². The summed E-state index contributed by atoms with van der Waals surface area (Å²) in [4.78, 5) is 4.14. The molecule has 0 aliphatic carbocycles. The Morgan fingerprint density at radius 2 is 1.85 bits per heavy atom. The van der Waals surface area contributed by atoms with Gasteiger partial charge in [0.25, 0.3) is 10.0 Å². The summed E-state index contributed by atoms with van der Waals surface area (Å²) in [6.45, 7) is 2.66. The van der Waals surface area contributed by atoms with Crippen LogP contribution in [-0.2, 0) is 10.0 Å². The number of pyridine rings is 1. The number of rotatable bonds is 5. The minimum absolute atomic E-state index is 0.106. The van der Waals surface area contributed by atoms with E-state index in [9.17, 15) is 8.42 Å². The van der Waals surface area contributed by atoms with Crippen molar-refractivity contribution in [3.05, 3.63) is 47.6 Å². The van der Waals surface area contributed by atoms with Gasteiger partial charge in [-0.05, 0) is 43.3 Å². The molecule has 7 heteroatoms. The molecule has 0 bridgehead atoms. The lowest BCUT2D eigenvalue weighted by Gasteiger charge is -2.08. The van der Waals surface area contributed by atoms with Crippen molar-refractivity contribution in [1.29, 1.82) is 0 Å². The third-order valence-corrected chi connectivity index (χ3v) is 4.12. The van der Waals surface area contributed by atoms with Crippen LogP contribution >= 0.6 is 11.6 Å². The molecule has 0 aliphatic heterocycles. The molecule has 0 fully saturated rings. The number of nitrogens with zero attached hydrogens (tertiary/aromatic N) is 1. The number of halogens is 1. The van der Waals surface area contributed by atoms with Gasteiger partial charge in [-0.15, -0.1) is 0 Å². The predicted molar refractivity (Wildman–Crippen MR) is 80.7 cm³/mol. The average Bonchev–Trinajstić information content (AvgIpc) is 2.42. The van der Waals surface area contributed by atoms with Gasteiger partial charge in [0, 0.05) is 23.5 Å². The Hall–Kier alpha value is -1.79. The van der Waals surface area contributed by atoms with E-state index < -0.39 is 10.0 Å². The van der Waals surface area contributed by atoms with E-state index in [-0.39, 0.29) is 4.90 Å². The van der Waals surface area contributed by atoms with E-state index in [0.717, 1.165) is 6.54 Å². The molecule has 106 valence electrons. The first kappa shape index (κ1) is 14.6. The Bertz CT molecular complexity index is 670. The monoisotopic (exact) mass is 311 g/mol. The molecule has 2 N–H and O–H groups in total. The molecule has 2 aromatic rings. The maximum Gasteiger partial charge on any atom is 0.263 e. The van der Waals surface area contributed by atoms with E-state index in [1.54, 1.807) is 30.3 Å². The Balaban J connectivity index is 2.19. The van der Waals surface area contributed by atoms with E-state index in [0.29, 0.717) is 16.5 Å². The van der Waals surface area contributed by atoms with Crippen LogP contribution in [0.25, 0.3) is 0 Å². The summed E-state index contributed by atoms with van der Waals surface area (Å²) in [5.74, 6) is 0.637. The van der Waals surface area contributed by atoms with Crippen molar-refractivity contribution >= 4 is 33.1 Å². The molecule has 0 atom stereocenters. The number of hydrogen-bond acceptors (Lipinski definition) is 4. The fourth-order valence-corrected chi connectivity index (χ4v) is 2.69. The van der Waals surface area contributed by atoms with Gasteiger partial charge in [0.15, 0.2) is 0 Å². The van der Waals surface area contributed by atoms with Crippen LogP contribution in [0.4, 0.5) is 11.5 Å². The topological polar surface area (TPSA) is 71.1 Å². The minimum Gasteiger partial charge on any atom is -0.370 e. The number of aromatic nitrogens is 1. The van der Waals surface area contributed by atoms with E-state index in [4.69, 9.17) is 11.6 Å². The van der Waals surface area contributed by atoms with Crippen molar-refractivity contribution < 1.29 is 8.42 Å². The molecule has 5 nitrogen and oxygen atoms in total. The predicted octanol–water partition coefficient (Wildman–Crippen LogP) is 2.97. The van der Waals surface area contributed by atoms with Crippen LogP contribution in [0.1, 0.15) is 6.92 Å². The zero-order valence-electron chi connectivity index (χ0n) is 10.8. The van der Waals surface area contributed by atoms with Gasteiger partial charge < -0.3 is 5.32 Å². The van der Waals surface area contributed by atoms with Gasteiger partial charge in [-0.3, -0.25) is 4.72 Å². The normalized spacial score (nSPS) is 11.1. The molecule has 1 aromatic carbocycles. The van der Waals surface area contributed by atoms with Gasteiger partial charge in [0.2, 0.25) is 0 Å². The Kier molecular flexibility index (Phi) is 4.46. The summed E-state index contributed by atoms with van der Waals surface area (Å²) in [7, 11) is -3.64. The molecule has 1 aromatic heterocycles. The fraction of sp³-hybridized carbons (Fsp3) is 0.154. The van der Waals surface area contributed by atoms with Crippen molar-refractivity contribution in [2.24, 2.45) is 0 Å². The van der Waals surface area contributed by atoms with Gasteiger partial charge in [-0.25, -0.2) is 13.4 Å². The Morgan fingerprint density at radius 1 is 1.15 bits per heavy atom. The number of anilines is 2. The highest BCUT2D eigenvalue weighted by molar-refractivity contribution is 7.92. The second kappa shape index (κ2) is 6.11. The van der Waals surface area contributed by atoms with Crippen LogP contribution in [0.5, 0.6) is 0 Å². The van der Waals surface area contributed by atoms with Crippen LogP contribution in [0.15, 0.2) is 47.5 Å². The van der Waals surface area contributed by atoms with Gasteiger partial charge >= 0.3 is 0 Å². The third-order valence-electron chi connectivity index (χ3n) is 2.50. The molecule has 0 spiro atoms. The van der Waals surface area contributed by atoms with E-state index in [1.807, 2.05) is 6.92 Å². The lowest BCUT2D eigenvalue weighted by atomic mass is 10.3. The van der Waals surface area contributed by atoms with Crippen LogP contribution in [0.2, 0.25) is 5.02 Å². The van der Waals surface area contributed by atoms with E-state index in [1.165, 1.54) is 12.3 Å². The maximum absolute atomic E-state index is 12.2.